The first-order chi connectivity index (χ1) is 6.29. The van der Waals surface area contributed by atoms with Gasteiger partial charge in [-0.1, -0.05) is 11.6 Å². The summed E-state index contributed by atoms with van der Waals surface area (Å²) >= 11 is 5.98. The van der Waals surface area contributed by atoms with E-state index >= 15 is 0 Å². The Labute approximate surface area is 82.1 Å². The number of hydrogen-bond acceptors (Lipinski definition) is 3. The van der Waals surface area contributed by atoms with Gasteiger partial charge in [-0.2, -0.15) is 5.10 Å². The molecule has 0 unspecified atom stereocenters. The van der Waals surface area contributed by atoms with Gasteiger partial charge in [-0.15, -0.1) is 0 Å². The van der Waals surface area contributed by atoms with Crippen molar-refractivity contribution in [2.24, 2.45) is 0 Å². The van der Waals surface area contributed by atoms with Crippen LogP contribution in [0.15, 0.2) is 0 Å². The summed E-state index contributed by atoms with van der Waals surface area (Å²) in [5.41, 5.74) is 5.57. The van der Waals surface area contributed by atoms with Crippen LogP contribution in [0.1, 0.15) is 19.3 Å². The molecule has 4 nitrogen and oxygen atoms in total. The first-order valence-electron chi connectivity index (χ1n) is 4.53. The molecule has 0 radical (unpaired) electrons. The largest absolute Gasteiger partial charge is 0.383 e. The molecule has 2 heterocycles. The van der Waals surface area contributed by atoms with E-state index in [1.54, 1.807) is 0 Å². The zero-order chi connectivity index (χ0) is 9.26. The number of hydrogen-bond donors (Lipinski definition) is 2. The summed E-state index contributed by atoms with van der Waals surface area (Å²) in [7, 11) is 0. The highest BCUT2D eigenvalue weighted by Crippen LogP contribution is 2.29. The molecule has 3 N–H and O–H groups in total. The zero-order valence-corrected chi connectivity index (χ0v) is 8.14. The van der Waals surface area contributed by atoms with Gasteiger partial charge in [-0.05, 0) is 19.3 Å². The van der Waals surface area contributed by atoms with E-state index in [2.05, 4.69) is 15.1 Å². The summed E-state index contributed by atoms with van der Waals surface area (Å²) in [6.45, 7) is 2.06. The first-order valence-corrected chi connectivity index (χ1v) is 4.91. The number of piperidine rings is 1. The number of rotatable bonds is 1. The molecule has 5 heteroatoms. The highest BCUT2D eigenvalue weighted by atomic mass is 35.5. The van der Waals surface area contributed by atoms with Crippen molar-refractivity contribution in [1.82, 2.24) is 10.2 Å². The Morgan fingerprint density at radius 1 is 1.31 bits per heavy atom. The van der Waals surface area contributed by atoms with E-state index in [1.165, 1.54) is 19.3 Å². The third-order valence-corrected chi connectivity index (χ3v) is 2.74. The van der Waals surface area contributed by atoms with Crippen molar-refractivity contribution < 1.29 is 0 Å². The Balaban J connectivity index is 2.18. The molecule has 0 bridgehead atoms. The highest BCUT2D eigenvalue weighted by Gasteiger charge is 2.17. The van der Waals surface area contributed by atoms with E-state index in [1.807, 2.05) is 0 Å². The minimum absolute atomic E-state index is 0.460. The number of nitrogens with two attached hydrogens (primary N) is 1. The van der Waals surface area contributed by atoms with Crippen LogP contribution in [0.25, 0.3) is 0 Å². The molecular formula is C8H13ClN4. The quantitative estimate of drug-likeness (QED) is 0.725. The molecule has 1 aliphatic heterocycles. The van der Waals surface area contributed by atoms with Gasteiger partial charge in [0, 0.05) is 13.1 Å². The number of aromatic amines is 1. The molecule has 0 atom stereocenters. The summed E-state index contributed by atoms with van der Waals surface area (Å²) in [6.07, 6.45) is 3.72. The van der Waals surface area contributed by atoms with E-state index < -0.39 is 0 Å². The minimum atomic E-state index is 0.460. The third kappa shape index (κ3) is 1.58. The van der Waals surface area contributed by atoms with Gasteiger partial charge >= 0.3 is 0 Å². The minimum Gasteiger partial charge on any atom is -0.383 e. The number of aromatic nitrogens is 2. The fraction of sp³-hybridized carbons (Fsp3) is 0.625. The molecule has 1 saturated heterocycles. The molecule has 72 valence electrons. The van der Waals surface area contributed by atoms with Crippen LogP contribution in [-0.2, 0) is 0 Å². The molecular weight excluding hydrogens is 188 g/mol. The predicted octanol–water partition coefficient (Wildman–Crippen LogP) is 1.64. The van der Waals surface area contributed by atoms with E-state index in [9.17, 15) is 0 Å². The molecule has 1 aromatic rings. The summed E-state index contributed by atoms with van der Waals surface area (Å²) < 4.78 is 0. The Kier molecular flexibility index (Phi) is 2.31. The molecule has 0 amide bonds. The first kappa shape index (κ1) is 8.69. The van der Waals surface area contributed by atoms with Crippen molar-refractivity contribution in [1.29, 1.82) is 0 Å². The second kappa shape index (κ2) is 3.46. The van der Waals surface area contributed by atoms with Crippen LogP contribution in [0.4, 0.5) is 11.6 Å². The van der Waals surface area contributed by atoms with E-state index in [4.69, 9.17) is 17.3 Å². The topological polar surface area (TPSA) is 57.9 Å². The van der Waals surface area contributed by atoms with Crippen LogP contribution in [0.2, 0.25) is 5.02 Å². The van der Waals surface area contributed by atoms with Gasteiger partial charge in [0.25, 0.3) is 0 Å². The molecule has 2 rings (SSSR count). The van der Waals surface area contributed by atoms with Crippen LogP contribution in [0.3, 0.4) is 0 Å². The SMILES string of the molecule is Nc1[nH]nc(N2CCCCC2)c1Cl. The van der Waals surface area contributed by atoms with E-state index in [0.29, 0.717) is 10.8 Å². The van der Waals surface area contributed by atoms with Crippen molar-refractivity contribution in [2.45, 2.75) is 19.3 Å². The zero-order valence-electron chi connectivity index (χ0n) is 7.39. The Bertz CT molecular complexity index is 290. The van der Waals surface area contributed by atoms with Crippen molar-refractivity contribution in [3.8, 4) is 0 Å². The number of nitrogen functional groups attached to an aromatic ring is 1. The number of nitrogens with zero attached hydrogens (tertiary/aromatic N) is 2. The van der Waals surface area contributed by atoms with Gasteiger partial charge in [-0.25, -0.2) is 0 Å². The molecule has 0 saturated carbocycles. The second-order valence-corrected chi connectivity index (χ2v) is 3.70. The molecule has 1 aromatic heterocycles. The molecule has 1 aliphatic rings. The van der Waals surface area contributed by atoms with Gasteiger partial charge in [0.2, 0.25) is 0 Å². The van der Waals surface area contributed by atoms with Crippen molar-refractivity contribution >= 4 is 23.2 Å². The Morgan fingerprint density at radius 2 is 2.00 bits per heavy atom. The maximum atomic E-state index is 5.98. The molecule has 0 aromatic carbocycles. The third-order valence-electron chi connectivity index (χ3n) is 2.37. The average Bonchev–Trinajstić information content (AvgIpc) is 2.49. The molecule has 0 spiro atoms. The van der Waals surface area contributed by atoms with Crippen LogP contribution in [-0.4, -0.2) is 23.3 Å². The lowest BCUT2D eigenvalue weighted by atomic mass is 10.1. The Hall–Kier alpha value is -0.900. The summed E-state index contributed by atoms with van der Waals surface area (Å²) in [4.78, 5) is 2.18. The fourth-order valence-corrected chi connectivity index (χ4v) is 1.85. The van der Waals surface area contributed by atoms with Gasteiger partial charge in [0.05, 0.1) is 0 Å². The summed E-state index contributed by atoms with van der Waals surface area (Å²) in [6, 6.07) is 0. The maximum absolute atomic E-state index is 5.98. The van der Waals surface area contributed by atoms with Crippen LogP contribution < -0.4 is 10.6 Å². The maximum Gasteiger partial charge on any atom is 0.171 e. The number of halogens is 1. The number of H-pyrrole nitrogens is 1. The van der Waals surface area contributed by atoms with Crippen LogP contribution in [0, 0.1) is 0 Å². The van der Waals surface area contributed by atoms with Gasteiger partial charge < -0.3 is 10.6 Å². The van der Waals surface area contributed by atoms with Crippen LogP contribution in [0.5, 0.6) is 0 Å². The van der Waals surface area contributed by atoms with E-state index in [0.717, 1.165) is 18.9 Å². The standard InChI is InChI=1S/C8H13ClN4/c9-6-7(10)11-12-8(6)13-4-2-1-3-5-13/h1-5H2,(H3,10,11,12). The molecule has 13 heavy (non-hydrogen) atoms. The lowest BCUT2D eigenvalue weighted by molar-refractivity contribution is 0.573. The Morgan fingerprint density at radius 3 is 2.54 bits per heavy atom. The van der Waals surface area contributed by atoms with Crippen molar-refractivity contribution in [3.05, 3.63) is 5.02 Å². The van der Waals surface area contributed by atoms with Gasteiger partial charge in [0.1, 0.15) is 10.8 Å². The highest BCUT2D eigenvalue weighted by molar-refractivity contribution is 6.35. The smallest absolute Gasteiger partial charge is 0.171 e. The van der Waals surface area contributed by atoms with Gasteiger partial charge in [-0.3, -0.25) is 5.10 Å². The summed E-state index contributed by atoms with van der Waals surface area (Å²) in [5.74, 6) is 1.26. The van der Waals surface area contributed by atoms with Gasteiger partial charge in [0.15, 0.2) is 5.82 Å². The second-order valence-electron chi connectivity index (χ2n) is 3.32. The number of nitrogens with one attached hydrogen (secondary N) is 1. The molecule has 1 fully saturated rings. The fourth-order valence-electron chi connectivity index (χ4n) is 1.65. The summed E-state index contributed by atoms with van der Waals surface area (Å²) in [5, 5.41) is 7.33. The lowest BCUT2D eigenvalue weighted by Gasteiger charge is -2.26. The normalized spacial score (nSPS) is 17.8. The monoisotopic (exact) mass is 200 g/mol. The van der Waals surface area contributed by atoms with Crippen molar-refractivity contribution in [3.63, 3.8) is 0 Å². The van der Waals surface area contributed by atoms with E-state index in [-0.39, 0.29) is 0 Å². The molecule has 0 aliphatic carbocycles. The van der Waals surface area contributed by atoms with Crippen LogP contribution >= 0.6 is 11.6 Å². The predicted molar refractivity (Wildman–Crippen MR) is 54.1 cm³/mol. The lowest BCUT2D eigenvalue weighted by Crippen LogP contribution is -2.29. The average molecular weight is 201 g/mol. The number of anilines is 2. The van der Waals surface area contributed by atoms with Crippen molar-refractivity contribution in [2.75, 3.05) is 23.7 Å².